The molecule has 2 aromatic carbocycles. The summed E-state index contributed by atoms with van der Waals surface area (Å²) in [5.74, 6) is -2.75. The summed E-state index contributed by atoms with van der Waals surface area (Å²) in [6.45, 7) is -0.0210. The molecule has 4 rings (SSSR count). The summed E-state index contributed by atoms with van der Waals surface area (Å²) in [6, 6.07) is 15.7. The molecule has 9 heteroatoms. The van der Waals surface area contributed by atoms with E-state index in [1.165, 1.54) is 0 Å². The van der Waals surface area contributed by atoms with Gasteiger partial charge >= 0.3 is 11.9 Å². The Labute approximate surface area is 159 Å². The van der Waals surface area contributed by atoms with Crippen LogP contribution in [0.25, 0.3) is 11.1 Å². The molecule has 0 bridgehead atoms. The highest BCUT2D eigenvalue weighted by Gasteiger charge is 2.47. The predicted octanol–water partition coefficient (Wildman–Crippen LogP) is 2.67. The van der Waals surface area contributed by atoms with E-state index in [-0.39, 0.29) is 18.9 Å². The molecule has 2 aromatic rings. The van der Waals surface area contributed by atoms with E-state index >= 15 is 0 Å². The predicted molar refractivity (Wildman–Crippen MR) is 97.4 cm³/mol. The maximum Gasteiger partial charge on any atom is 0.338 e. The van der Waals surface area contributed by atoms with Gasteiger partial charge in [-0.15, -0.1) is 10.2 Å². The number of carboxylic acid groups (broad SMARTS) is 1. The number of carboxylic acids is 1. The first-order chi connectivity index (χ1) is 13.5. The molecule has 3 N–H and O–H groups in total. The van der Waals surface area contributed by atoms with Gasteiger partial charge in [0.25, 0.3) is 0 Å². The summed E-state index contributed by atoms with van der Waals surface area (Å²) in [5.41, 5.74) is 7.76. The Kier molecular flexibility index (Phi) is 4.44. The molecule has 2 aliphatic rings. The number of ether oxygens (including phenoxy) is 1. The molecule has 0 saturated carbocycles. The molecule has 142 valence electrons. The molecule has 0 amide bonds. The van der Waals surface area contributed by atoms with Crippen LogP contribution in [-0.2, 0) is 14.3 Å². The average molecular weight is 379 g/mol. The van der Waals surface area contributed by atoms with Crippen LogP contribution in [0, 0.1) is 0 Å². The van der Waals surface area contributed by atoms with Crippen LogP contribution in [0.4, 0.5) is 0 Å². The number of hydrogen-bond donors (Lipinski definition) is 2. The van der Waals surface area contributed by atoms with Gasteiger partial charge in [-0.2, -0.15) is 0 Å². The molecule has 0 radical (unpaired) electrons. The molecule has 1 aliphatic heterocycles. The van der Waals surface area contributed by atoms with Gasteiger partial charge in [0.05, 0.1) is 0 Å². The van der Waals surface area contributed by atoms with Crippen molar-refractivity contribution in [3.05, 3.63) is 59.7 Å². The van der Waals surface area contributed by atoms with E-state index < -0.39 is 23.6 Å². The van der Waals surface area contributed by atoms with Crippen molar-refractivity contribution in [2.24, 2.45) is 26.4 Å². The van der Waals surface area contributed by atoms with E-state index in [9.17, 15) is 14.7 Å². The molecule has 0 saturated heterocycles. The normalized spacial score (nSPS) is 17.2. The molecule has 1 aliphatic carbocycles. The van der Waals surface area contributed by atoms with Crippen LogP contribution < -0.4 is 5.73 Å². The molecule has 0 spiro atoms. The summed E-state index contributed by atoms with van der Waals surface area (Å²) >= 11 is 0. The molecular weight excluding hydrogens is 362 g/mol. The molecule has 28 heavy (non-hydrogen) atoms. The molecular formula is C19H17N5O4. The van der Waals surface area contributed by atoms with E-state index in [0.29, 0.717) is 0 Å². The van der Waals surface area contributed by atoms with E-state index in [0.717, 1.165) is 22.3 Å². The highest BCUT2D eigenvalue weighted by molar-refractivity contribution is 6.03. The minimum atomic E-state index is -2.29. The molecule has 0 unspecified atom stereocenters. The maximum absolute atomic E-state index is 12.6. The lowest BCUT2D eigenvalue weighted by molar-refractivity contribution is -0.161. The number of carbonyl (C=O) groups is 2. The first kappa shape index (κ1) is 17.9. The van der Waals surface area contributed by atoms with Crippen LogP contribution in [0.1, 0.15) is 23.5 Å². The minimum Gasteiger partial charge on any atom is -0.479 e. The topological polar surface area (TPSA) is 139 Å². The van der Waals surface area contributed by atoms with Crippen molar-refractivity contribution in [2.75, 3.05) is 6.61 Å². The molecule has 0 aromatic heterocycles. The highest BCUT2D eigenvalue weighted by atomic mass is 16.5. The lowest BCUT2D eigenvalue weighted by Gasteiger charge is -2.24. The first-order valence-electron chi connectivity index (χ1n) is 8.68. The van der Waals surface area contributed by atoms with Gasteiger partial charge in [0.1, 0.15) is 6.61 Å². The Balaban J connectivity index is 1.55. The number of esters is 1. The standard InChI is InChI=1S/C19H17N5O4/c20-19(17(25)26,9-16-21-23-24-22-16)18(27)28-10-15-13-7-3-1-5-11(13)12-6-2-4-8-14(12)15/h1-8,15-16H,9-10,20H2,(H,25,26)/t19-/m0/s1. The Morgan fingerprint density at radius 3 is 2.07 bits per heavy atom. The summed E-state index contributed by atoms with van der Waals surface area (Å²) in [4.78, 5) is 24.3. The van der Waals surface area contributed by atoms with Gasteiger partial charge in [0.2, 0.25) is 5.54 Å². The first-order valence-corrected chi connectivity index (χ1v) is 8.68. The minimum absolute atomic E-state index is 0.0210. The fraction of sp³-hybridized carbons (Fsp3) is 0.263. The summed E-state index contributed by atoms with van der Waals surface area (Å²) in [6.07, 6.45) is -1.30. The summed E-state index contributed by atoms with van der Waals surface area (Å²) in [7, 11) is 0. The van der Waals surface area contributed by atoms with E-state index in [1.807, 2.05) is 48.5 Å². The Bertz CT molecular complexity index is 948. The zero-order valence-electron chi connectivity index (χ0n) is 14.7. The Hall–Kier alpha value is -3.46. The summed E-state index contributed by atoms with van der Waals surface area (Å²) < 4.78 is 5.39. The molecule has 9 nitrogen and oxygen atoms in total. The number of nitrogens with zero attached hydrogens (tertiary/aromatic N) is 4. The monoisotopic (exact) mass is 379 g/mol. The fourth-order valence-corrected chi connectivity index (χ4v) is 3.54. The van der Waals surface area contributed by atoms with E-state index in [1.54, 1.807) is 0 Å². The molecule has 1 heterocycles. The second kappa shape index (κ2) is 6.93. The quantitative estimate of drug-likeness (QED) is 0.587. The van der Waals surface area contributed by atoms with Gasteiger partial charge in [-0.3, -0.25) is 0 Å². The summed E-state index contributed by atoms with van der Waals surface area (Å²) in [5, 5.41) is 23.4. The van der Waals surface area contributed by atoms with Crippen LogP contribution in [-0.4, -0.2) is 35.4 Å². The van der Waals surface area contributed by atoms with Crippen molar-refractivity contribution in [1.82, 2.24) is 0 Å². The number of carbonyl (C=O) groups excluding carboxylic acids is 1. The average Bonchev–Trinajstić information content (AvgIpc) is 3.32. The molecule has 0 fully saturated rings. The third-order valence-electron chi connectivity index (χ3n) is 5.00. The van der Waals surface area contributed by atoms with Crippen LogP contribution in [0.2, 0.25) is 0 Å². The largest absolute Gasteiger partial charge is 0.479 e. The van der Waals surface area contributed by atoms with Crippen molar-refractivity contribution in [1.29, 1.82) is 0 Å². The lowest BCUT2D eigenvalue weighted by Crippen LogP contribution is -2.57. The zero-order chi connectivity index (χ0) is 19.7. The van der Waals surface area contributed by atoms with Crippen LogP contribution in [0.5, 0.6) is 0 Å². The maximum atomic E-state index is 12.6. The zero-order valence-corrected chi connectivity index (χ0v) is 14.7. The van der Waals surface area contributed by atoms with Crippen molar-refractivity contribution in [3.8, 4) is 11.1 Å². The van der Waals surface area contributed by atoms with Crippen molar-refractivity contribution in [3.63, 3.8) is 0 Å². The Morgan fingerprint density at radius 2 is 1.54 bits per heavy atom. The van der Waals surface area contributed by atoms with E-state index in [4.69, 9.17) is 10.5 Å². The second-order valence-corrected chi connectivity index (χ2v) is 6.70. The van der Waals surface area contributed by atoms with Gasteiger partial charge in [0, 0.05) is 12.3 Å². The SMILES string of the molecule is N[C@@](CC1N=NN=N1)(C(=O)O)C(=O)OCC1c2ccccc2-c2ccccc21. The van der Waals surface area contributed by atoms with Gasteiger partial charge in [-0.25, -0.2) is 9.59 Å². The third-order valence-corrected chi connectivity index (χ3v) is 5.00. The third kappa shape index (κ3) is 2.95. The molecule has 1 atom stereocenters. The van der Waals surface area contributed by atoms with Gasteiger partial charge in [0.15, 0.2) is 6.17 Å². The van der Waals surface area contributed by atoms with Gasteiger partial charge in [-0.05, 0) is 32.7 Å². The van der Waals surface area contributed by atoms with Crippen LogP contribution in [0.15, 0.2) is 69.2 Å². The second-order valence-electron chi connectivity index (χ2n) is 6.70. The number of fused-ring (bicyclic) bond motifs is 3. The van der Waals surface area contributed by atoms with Crippen molar-refractivity contribution in [2.45, 2.75) is 24.0 Å². The van der Waals surface area contributed by atoms with Gasteiger partial charge in [-0.1, -0.05) is 48.5 Å². The van der Waals surface area contributed by atoms with Crippen LogP contribution >= 0.6 is 0 Å². The van der Waals surface area contributed by atoms with Gasteiger partial charge < -0.3 is 15.6 Å². The highest BCUT2D eigenvalue weighted by Crippen LogP contribution is 2.44. The van der Waals surface area contributed by atoms with Crippen molar-refractivity contribution < 1.29 is 19.4 Å². The van der Waals surface area contributed by atoms with Crippen molar-refractivity contribution >= 4 is 11.9 Å². The van der Waals surface area contributed by atoms with E-state index in [2.05, 4.69) is 20.7 Å². The smallest absolute Gasteiger partial charge is 0.338 e. The fourth-order valence-electron chi connectivity index (χ4n) is 3.54. The number of nitrogens with two attached hydrogens (primary N) is 1. The lowest BCUT2D eigenvalue weighted by atomic mass is 9.94. The Morgan fingerprint density at radius 1 is 1.00 bits per heavy atom. The number of hydrogen-bond acceptors (Lipinski definition) is 8. The number of rotatable bonds is 6. The number of aliphatic carboxylic acids is 1. The number of benzene rings is 2. The van der Waals surface area contributed by atoms with Crippen LogP contribution in [0.3, 0.4) is 0 Å².